The van der Waals surface area contributed by atoms with Crippen LogP contribution in [0.25, 0.3) is 0 Å². The van der Waals surface area contributed by atoms with Gasteiger partial charge >= 0.3 is 0 Å². The molecule has 2 rings (SSSR count). The van der Waals surface area contributed by atoms with Gasteiger partial charge in [0.25, 0.3) is 5.69 Å². The van der Waals surface area contributed by atoms with Crippen LogP contribution in [0.2, 0.25) is 0 Å². The van der Waals surface area contributed by atoms with E-state index >= 15 is 0 Å². The van der Waals surface area contributed by atoms with Crippen LogP contribution in [0.1, 0.15) is 27.6 Å². The van der Waals surface area contributed by atoms with E-state index in [-0.39, 0.29) is 46.3 Å². The second-order valence-electron chi connectivity index (χ2n) is 4.55. The molecule has 6 nitrogen and oxygen atoms in total. The number of hydrogen-bond donors (Lipinski definition) is 0. The van der Waals surface area contributed by atoms with Gasteiger partial charge in [0.1, 0.15) is 0 Å². The number of halogens is 1. The van der Waals surface area contributed by atoms with Gasteiger partial charge in [-0.25, -0.2) is 0 Å². The molecule has 2 aromatic rings. The number of nitrogens with zero attached hydrogens (tertiary/aromatic N) is 2. The molecule has 0 bridgehead atoms. The third-order valence-corrected chi connectivity index (χ3v) is 3.00. The number of pyridine rings is 1. The van der Waals surface area contributed by atoms with Crippen molar-refractivity contribution in [1.82, 2.24) is 0 Å². The molecular weight excluding hydrogens is 352 g/mol. The minimum absolute atomic E-state index is 0. The van der Waals surface area contributed by atoms with Crippen LogP contribution >= 0.6 is 0 Å². The van der Waals surface area contributed by atoms with Gasteiger partial charge in [-0.05, 0) is 6.92 Å². The molecule has 0 spiro atoms. The van der Waals surface area contributed by atoms with E-state index in [1.807, 2.05) is 0 Å². The fourth-order valence-corrected chi connectivity index (χ4v) is 1.85. The van der Waals surface area contributed by atoms with E-state index in [4.69, 9.17) is 0 Å². The molecule has 0 aliphatic heterocycles. The Balaban J connectivity index is 0.00000242. The molecule has 0 aliphatic rings. The fraction of sp³-hybridized carbons (Fsp3) is 0.133. The summed E-state index contributed by atoms with van der Waals surface area (Å²) in [5, 5.41) is 10.7. The van der Waals surface area contributed by atoms with Gasteiger partial charge < -0.3 is 17.0 Å². The molecule has 0 radical (unpaired) electrons. The van der Waals surface area contributed by atoms with Crippen molar-refractivity contribution in [2.24, 2.45) is 0 Å². The number of nitro benzene ring substituents is 1. The molecule has 22 heavy (non-hydrogen) atoms. The first kappa shape index (κ1) is 17.6. The van der Waals surface area contributed by atoms with Crippen LogP contribution in [0.5, 0.6) is 0 Å². The van der Waals surface area contributed by atoms with Gasteiger partial charge in [-0.15, -0.1) is 0 Å². The number of hydrogen-bond acceptors (Lipinski definition) is 4. The number of ketones is 2. The zero-order chi connectivity index (χ0) is 15.4. The van der Waals surface area contributed by atoms with Crippen molar-refractivity contribution in [3.63, 3.8) is 0 Å². The predicted octanol–water partition coefficient (Wildman–Crippen LogP) is -1.03. The first-order chi connectivity index (χ1) is 9.97. The molecule has 1 aromatic carbocycles. The Labute approximate surface area is 137 Å². The molecule has 7 heteroatoms. The Hall–Kier alpha value is -2.41. The highest BCUT2D eigenvalue weighted by Crippen LogP contribution is 2.13. The van der Waals surface area contributed by atoms with E-state index < -0.39 is 4.92 Å². The van der Waals surface area contributed by atoms with Crippen LogP contribution in [0.15, 0.2) is 48.8 Å². The maximum atomic E-state index is 12.1. The van der Waals surface area contributed by atoms with E-state index in [0.717, 1.165) is 0 Å². The highest BCUT2D eigenvalue weighted by Gasteiger charge is 2.15. The maximum absolute atomic E-state index is 12.1. The summed E-state index contributed by atoms with van der Waals surface area (Å²) in [6, 6.07) is 8.87. The van der Waals surface area contributed by atoms with Gasteiger partial charge in [-0.2, -0.15) is 4.57 Å². The number of aromatic nitrogens is 1. The van der Waals surface area contributed by atoms with E-state index in [1.54, 1.807) is 35.2 Å². The van der Waals surface area contributed by atoms with Crippen molar-refractivity contribution in [1.29, 1.82) is 0 Å². The van der Waals surface area contributed by atoms with Crippen molar-refractivity contribution in [2.75, 3.05) is 0 Å². The highest BCUT2D eigenvalue weighted by molar-refractivity contribution is 5.95. The largest absolute Gasteiger partial charge is 1.00 e. The maximum Gasteiger partial charge on any atom is 0.270 e. The predicted molar refractivity (Wildman–Crippen MR) is 74.1 cm³/mol. The number of carbonyl (C=O) groups is 2. The molecular formula is C15H13BrN2O4. The third kappa shape index (κ3) is 4.29. The minimum atomic E-state index is -0.536. The standard InChI is InChI=1S/C15H13N2O4.BrH/c1-11(18)12-5-7-16(8-6-12)10-15(19)13-3-2-4-14(9-13)17(20)21;/h2-9H,10H2,1H3;1H/q+1;/p-1. The van der Waals surface area contributed by atoms with Crippen molar-refractivity contribution in [3.05, 3.63) is 70.0 Å². The van der Waals surface area contributed by atoms with Gasteiger partial charge in [0.05, 0.1) is 4.92 Å². The summed E-state index contributed by atoms with van der Waals surface area (Å²) >= 11 is 0. The Morgan fingerprint density at radius 3 is 2.32 bits per heavy atom. The normalized spacial score (nSPS) is 9.68. The molecule has 0 saturated carbocycles. The minimum Gasteiger partial charge on any atom is -1.00 e. The summed E-state index contributed by atoms with van der Waals surface area (Å²) in [7, 11) is 0. The van der Waals surface area contributed by atoms with Gasteiger partial charge in [0, 0.05) is 35.4 Å². The van der Waals surface area contributed by atoms with E-state index in [0.29, 0.717) is 5.56 Å². The van der Waals surface area contributed by atoms with Crippen molar-refractivity contribution in [3.8, 4) is 0 Å². The quantitative estimate of drug-likeness (QED) is 0.294. The molecule has 0 N–H and O–H groups in total. The molecule has 0 atom stereocenters. The number of rotatable bonds is 5. The lowest BCUT2D eigenvalue weighted by Gasteiger charge is -1.99. The van der Waals surface area contributed by atoms with Crippen LogP contribution in [-0.4, -0.2) is 16.5 Å². The average molecular weight is 365 g/mol. The van der Waals surface area contributed by atoms with Crippen LogP contribution in [0.3, 0.4) is 0 Å². The zero-order valence-electron chi connectivity index (χ0n) is 11.7. The molecule has 1 aromatic heterocycles. The average Bonchev–Trinajstić information content (AvgIpc) is 2.48. The van der Waals surface area contributed by atoms with Gasteiger partial charge in [-0.3, -0.25) is 19.7 Å². The number of non-ortho nitro benzene ring substituents is 1. The second kappa shape index (κ2) is 7.56. The first-order valence-corrected chi connectivity index (χ1v) is 6.25. The summed E-state index contributed by atoms with van der Waals surface area (Å²) in [5.74, 6) is -0.286. The van der Waals surface area contributed by atoms with Gasteiger partial charge in [-0.1, -0.05) is 12.1 Å². The summed E-state index contributed by atoms with van der Waals surface area (Å²) in [6.45, 7) is 1.52. The lowest BCUT2D eigenvalue weighted by Crippen LogP contribution is -3.00. The van der Waals surface area contributed by atoms with Gasteiger partial charge in [0.2, 0.25) is 12.3 Å². The molecule has 0 saturated heterocycles. The Kier molecular flexibility index (Phi) is 6.06. The number of nitro groups is 1. The van der Waals surface area contributed by atoms with Crippen LogP contribution < -0.4 is 21.5 Å². The molecule has 0 fully saturated rings. The Morgan fingerprint density at radius 1 is 1.14 bits per heavy atom. The summed E-state index contributed by atoms with van der Waals surface area (Å²) in [6.07, 6.45) is 3.26. The van der Waals surface area contributed by atoms with E-state index in [9.17, 15) is 19.7 Å². The number of carbonyl (C=O) groups excluding carboxylic acids is 2. The molecule has 1 heterocycles. The topological polar surface area (TPSA) is 81.2 Å². The van der Waals surface area contributed by atoms with Crippen molar-refractivity contribution in [2.45, 2.75) is 13.5 Å². The molecule has 0 unspecified atom stereocenters. The third-order valence-electron chi connectivity index (χ3n) is 3.00. The fourth-order valence-electron chi connectivity index (χ4n) is 1.85. The summed E-state index contributed by atoms with van der Waals surface area (Å²) in [5.41, 5.74) is 0.735. The molecule has 114 valence electrons. The monoisotopic (exact) mass is 364 g/mol. The number of benzene rings is 1. The molecule has 0 amide bonds. The van der Waals surface area contributed by atoms with Gasteiger partial charge in [0.15, 0.2) is 18.2 Å². The lowest BCUT2D eigenvalue weighted by atomic mass is 10.1. The SMILES string of the molecule is CC(=O)c1cc[n+](CC(=O)c2cccc([N+](=O)[O-])c2)cc1.[Br-]. The lowest BCUT2D eigenvalue weighted by molar-refractivity contribution is -0.683. The first-order valence-electron chi connectivity index (χ1n) is 6.25. The number of Topliss-reactive ketones (excluding diaryl/α,β-unsaturated/α-hetero) is 2. The smallest absolute Gasteiger partial charge is 0.270 e. The Bertz CT molecular complexity index is 714. The molecule has 0 aliphatic carbocycles. The van der Waals surface area contributed by atoms with Crippen LogP contribution in [0, 0.1) is 10.1 Å². The summed E-state index contributed by atoms with van der Waals surface area (Å²) in [4.78, 5) is 33.4. The van der Waals surface area contributed by atoms with Crippen LogP contribution in [-0.2, 0) is 6.54 Å². The van der Waals surface area contributed by atoms with Crippen LogP contribution in [0.4, 0.5) is 5.69 Å². The summed E-state index contributed by atoms with van der Waals surface area (Å²) < 4.78 is 1.62. The van der Waals surface area contributed by atoms with Crippen molar-refractivity contribution < 1.29 is 36.1 Å². The van der Waals surface area contributed by atoms with E-state index in [2.05, 4.69) is 0 Å². The van der Waals surface area contributed by atoms with Crippen molar-refractivity contribution >= 4 is 17.3 Å². The highest BCUT2D eigenvalue weighted by atomic mass is 79.9. The van der Waals surface area contributed by atoms with E-state index in [1.165, 1.54) is 25.1 Å². The zero-order valence-corrected chi connectivity index (χ0v) is 13.3. The Morgan fingerprint density at radius 2 is 1.77 bits per heavy atom. The second-order valence-corrected chi connectivity index (χ2v) is 4.55.